The number of fused-ring (bicyclic) bond motifs is 3. The number of aryl methyl sites for hydroxylation is 2. The van der Waals surface area contributed by atoms with Crippen LogP contribution in [0.2, 0.25) is 0 Å². The fraction of sp³-hybridized carbons (Fsp3) is 0.185. The number of ether oxygens (including phenoxy) is 1. The van der Waals surface area contributed by atoms with Gasteiger partial charge >= 0.3 is 6.18 Å². The molecule has 2 aliphatic rings. The Morgan fingerprint density at radius 1 is 0.857 bits per heavy atom. The number of hydrogen-bond donors (Lipinski definition) is 1. The number of nitrogens with one attached hydrogen (secondary N) is 1. The molecule has 1 aromatic heterocycles. The smallest absolute Gasteiger partial charge is 0.453 e. The highest BCUT2D eigenvalue weighted by molar-refractivity contribution is 5.85. The predicted octanol–water partition coefficient (Wildman–Crippen LogP) is 6.47. The molecule has 0 aliphatic carbocycles. The van der Waals surface area contributed by atoms with Crippen molar-refractivity contribution in [1.29, 1.82) is 0 Å². The Morgan fingerprint density at radius 3 is 2.14 bits per heavy atom. The zero-order chi connectivity index (χ0) is 24.3. The number of nitrogens with zero attached hydrogens (tertiary/aromatic N) is 3. The van der Waals surface area contributed by atoms with Gasteiger partial charge in [-0.3, -0.25) is 0 Å². The molecule has 0 saturated carbocycles. The molecule has 35 heavy (non-hydrogen) atoms. The first-order chi connectivity index (χ1) is 16.8. The van der Waals surface area contributed by atoms with Crippen LogP contribution in [-0.4, -0.2) is 14.8 Å². The van der Waals surface area contributed by atoms with Gasteiger partial charge < -0.3 is 10.1 Å². The second kappa shape index (κ2) is 7.73. The molecule has 6 rings (SSSR count). The van der Waals surface area contributed by atoms with Crippen LogP contribution in [0.25, 0.3) is 5.70 Å². The number of para-hydroxylation sites is 1. The van der Waals surface area contributed by atoms with E-state index in [1.165, 1.54) is 4.68 Å². The van der Waals surface area contributed by atoms with Crippen LogP contribution in [0.4, 0.5) is 19.1 Å². The van der Waals surface area contributed by atoms with Gasteiger partial charge in [-0.15, -0.1) is 5.10 Å². The van der Waals surface area contributed by atoms with Crippen LogP contribution >= 0.6 is 0 Å². The normalized spacial score (nSPS) is 18.8. The predicted molar refractivity (Wildman–Crippen MR) is 126 cm³/mol. The number of halogens is 3. The molecule has 0 amide bonds. The van der Waals surface area contributed by atoms with Crippen LogP contribution < -0.4 is 10.1 Å². The minimum absolute atomic E-state index is 0.0426. The van der Waals surface area contributed by atoms with Gasteiger partial charge in [-0.2, -0.15) is 18.2 Å². The van der Waals surface area contributed by atoms with Crippen LogP contribution in [0, 0.1) is 13.8 Å². The summed E-state index contributed by atoms with van der Waals surface area (Å²) in [6, 6.07) is 22.6. The molecule has 3 heterocycles. The minimum Gasteiger partial charge on any atom is -0.480 e. The number of rotatable bonds is 2. The van der Waals surface area contributed by atoms with Gasteiger partial charge in [0.2, 0.25) is 5.95 Å². The molecular weight excluding hydrogens is 453 g/mol. The first kappa shape index (κ1) is 21.5. The van der Waals surface area contributed by atoms with Crippen LogP contribution in [0.5, 0.6) is 5.75 Å². The first-order valence-electron chi connectivity index (χ1n) is 11.2. The molecule has 1 N–H and O–H groups in total. The quantitative estimate of drug-likeness (QED) is 0.362. The fourth-order valence-electron chi connectivity index (χ4n) is 4.68. The second-order valence-electron chi connectivity index (χ2n) is 8.87. The second-order valence-corrected chi connectivity index (χ2v) is 8.87. The average Bonchev–Trinajstić information content (AvgIpc) is 3.28. The summed E-state index contributed by atoms with van der Waals surface area (Å²) in [6.07, 6.45) is -5.21. The van der Waals surface area contributed by atoms with E-state index in [1.54, 1.807) is 0 Å². The van der Waals surface area contributed by atoms with E-state index in [1.807, 2.05) is 86.6 Å². The summed E-state index contributed by atoms with van der Waals surface area (Å²) in [7, 11) is 0. The third-order valence-electron chi connectivity index (χ3n) is 6.41. The highest BCUT2D eigenvalue weighted by Crippen LogP contribution is 2.51. The molecule has 2 atom stereocenters. The summed E-state index contributed by atoms with van der Waals surface area (Å²) >= 11 is 0. The first-order valence-corrected chi connectivity index (χ1v) is 11.2. The van der Waals surface area contributed by atoms with Crippen molar-refractivity contribution in [2.45, 2.75) is 32.2 Å². The summed E-state index contributed by atoms with van der Waals surface area (Å²) < 4.78 is 48.8. The van der Waals surface area contributed by atoms with Crippen molar-refractivity contribution in [2.75, 3.05) is 5.32 Å². The maximum Gasteiger partial charge on any atom is 0.453 e. The molecule has 0 bridgehead atoms. The third-order valence-corrected chi connectivity index (χ3v) is 6.41. The van der Waals surface area contributed by atoms with Gasteiger partial charge in [0.05, 0.1) is 5.70 Å². The maximum atomic E-state index is 13.6. The van der Waals surface area contributed by atoms with Crippen molar-refractivity contribution in [2.24, 2.45) is 0 Å². The number of benzene rings is 3. The number of aromatic nitrogens is 3. The maximum absolute atomic E-state index is 13.6. The lowest BCUT2D eigenvalue weighted by molar-refractivity contribution is -0.145. The zero-order valence-electron chi connectivity index (χ0n) is 19.0. The van der Waals surface area contributed by atoms with Gasteiger partial charge in [0.1, 0.15) is 17.9 Å². The zero-order valence-corrected chi connectivity index (χ0v) is 19.0. The molecule has 0 spiro atoms. The van der Waals surface area contributed by atoms with Gasteiger partial charge in [0.15, 0.2) is 0 Å². The van der Waals surface area contributed by atoms with Crippen LogP contribution in [0.15, 0.2) is 78.4 Å². The summed E-state index contributed by atoms with van der Waals surface area (Å²) in [5.74, 6) is -0.491. The molecular formula is C27H21F3N4O. The van der Waals surface area contributed by atoms with Gasteiger partial charge in [-0.05, 0) is 37.1 Å². The topological polar surface area (TPSA) is 52.0 Å². The monoisotopic (exact) mass is 474 g/mol. The Hall–Kier alpha value is -4.07. The lowest BCUT2D eigenvalue weighted by Crippen LogP contribution is -2.32. The molecule has 0 fully saturated rings. The summed E-state index contributed by atoms with van der Waals surface area (Å²) in [4.78, 5) is 3.83. The van der Waals surface area contributed by atoms with Crippen LogP contribution in [-0.2, 0) is 6.18 Å². The van der Waals surface area contributed by atoms with Crippen molar-refractivity contribution in [3.05, 3.63) is 112 Å². The fourth-order valence-corrected chi connectivity index (χ4v) is 4.68. The Labute approximate surface area is 199 Å². The minimum atomic E-state index is -4.67. The Balaban J connectivity index is 1.63. The van der Waals surface area contributed by atoms with Crippen LogP contribution in [0.1, 0.15) is 45.8 Å². The molecule has 0 radical (unpaired) electrons. The SMILES string of the molecule is Cc1ccc([C@@H]2Oc3ccccc3C3=C2[C@H](c2ccc(C)cc2)n2nc(C(F)(F)F)nc2N3)cc1. The number of alkyl halides is 3. The largest absolute Gasteiger partial charge is 0.480 e. The Kier molecular flexibility index (Phi) is 4.74. The van der Waals surface area contributed by atoms with E-state index in [-0.39, 0.29) is 5.95 Å². The van der Waals surface area contributed by atoms with Gasteiger partial charge in [-0.25, -0.2) is 4.68 Å². The van der Waals surface area contributed by atoms with Crippen molar-refractivity contribution < 1.29 is 17.9 Å². The molecule has 176 valence electrons. The van der Waals surface area contributed by atoms with E-state index in [2.05, 4.69) is 15.4 Å². The molecule has 5 nitrogen and oxygen atoms in total. The lowest BCUT2D eigenvalue weighted by Gasteiger charge is -2.39. The van der Waals surface area contributed by atoms with E-state index in [0.717, 1.165) is 33.4 Å². The standard InChI is InChI=1S/C27H21F3N4O/c1-15-7-11-17(12-8-15)23-21-22(31-26-32-25(27(28,29)30)33-34(23)26)19-5-3-4-6-20(19)35-24(21)18-13-9-16(2)10-14-18/h3-14,23-24H,1-2H3,(H,31,32,33)/t23-,24-/m0/s1. The third kappa shape index (κ3) is 3.56. The highest BCUT2D eigenvalue weighted by atomic mass is 19.4. The molecule has 0 unspecified atom stereocenters. The van der Waals surface area contributed by atoms with E-state index in [9.17, 15) is 13.2 Å². The van der Waals surface area contributed by atoms with E-state index < -0.39 is 24.1 Å². The van der Waals surface area contributed by atoms with E-state index in [0.29, 0.717) is 11.4 Å². The molecule has 3 aromatic carbocycles. The van der Waals surface area contributed by atoms with Crippen molar-refractivity contribution in [3.8, 4) is 5.75 Å². The Morgan fingerprint density at radius 2 is 1.49 bits per heavy atom. The average molecular weight is 474 g/mol. The number of anilines is 1. The number of hydrogen-bond acceptors (Lipinski definition) is 4. The Bertz CT molecular complexity index is 1450. The van der Waals surface area contributed by atoms with Gasteiger partial charge in [0.25, 0.3) is 5.82 Å². The van der Waals surface area contributed by atoms with Gasteiger partial charge in [0, 0.05) is 11.1 Å². The summed E-state index contributed by atoms with van der Waals surface area (Å²) in [5, 5.41) is 7.08. The summed E-state index contributed by atoms with van der Waals surface area (Å²) in [6.45, 7) is 3.97. The molecule has 0 saturated heterocycles. The van der Waals surface area contributed by atoms with E-state index in [4.69, 9.17) is 4.74 Å². The van der Waals surface area contributed by atoms with Gasteiger partial charge in [-0.1, -0.05) is 71.8 Å². The highest BCUT2D eigenvalue weighted by Gasteiger charge is 2.44. The molecule has 4 aromatic rings. The lowest BCUT2D eigenvalue weighted by atomic mass is 9.84. The molecule has 8 heteroatoms. The summed E-state index contributed by atoms with van der Waals surface area (Å²) in [5.41, 5.74) is 6.09. The van der Waals surface area contributed by atoms with E-state index >= 15 is 0 Å². The van der Waals surface area contributed by atoms with Crippen molar-refractivity contribution >= 4 is 11.6 Å². The molecule has 2 aliphatic heterocycles. The van der Waals surface area contributed by atoms with Crippen molar-refractivity contribution in [3.63, 3.8) is 0 Å². The van der Waals surface area contributed by atoms with Crippen LogP contribution in [0.3, 0.4) is 0 Å². The van der Waals surface area contributed by atoms with Crippen molar-refractivity contribution in [1.82, 2.24) is 14.8 Å².